The number of halogens is 4. The molecule has 1 atom stereocenters. The lowest BCUT2D eigenvalue weighted by atomic mass is 10.0. The summed E-state index contributed by atoms with van der Waals surface area (Å²) in [6.07, 6.45) is 0. The smallest absolute Gasteiger partial charge is 0.387 e. The van der Waals surface area contributed by atoms with Crippen LogP contribution in [-0.4, -0.2) is 44.4 Å². The quantitative estimate of drug-likeness (QED) is 0.705. The molecule has 0 radical (unpaired) electrons. The summed E-state index contributed by atoms with van der Waals surface area (Å²) >= 11 is 0. The second-order valence-electron chi connectivity index (χ2n) is 6.34. The molecule has 1 aliphatic rings. The minimum Gasteiger partial charge on any atom is -0.434 e. The maximum atomic E-state index is 13.7. The third-order valence-corrected chi connectivity index (χ3v) is 4.56. The van der Waals surface area contributed by atoms with E-state index in [1.54, 1.807) is 24.3 Å². The van der Waals surface area contributed by atoms with E-state index in [9.17, 15) is 13.2 Å². The molecule has 154 valence electrons. The van der Waals surface area contributed by atoms with Gasteiger partial charge in [-0.05, 0) is 23.8 Å². The van der Waals surface area contributed by atoms with Gasteiger partial charge in [0.05, 0.1) is 13.2 Å². The van der Waals surface area contributed by atoms with E-state index in [1.807, 2.05) is 6.07 Å². The first-order chi connectivity index (χ1) is 13.1. The Morgan fingerprint density at radius 2 is 1.82 bits per heavy atom. The minimum atomic E-state index is -2.86. The van der Waals surface area contributed by atoms with E-state index < -0.39 is 6.61 Å². The maximum absolute atomic E-state index is 13.7. The van der Waals surface area contributed by atoms with Gasteiger partial charge in [0.15, 0.2) is 0 Å². The Bertz CT molecular complexity index is 730. The molecule has 1 saturated heterocycles. The van der Waals surface area contributed by atoms with Gasteiger partial charge in [-0.2, -0.15) is 8.78 Å². The summed E-state index contributed by atoms with van der Waals surface area (Å²) in [6.45, 7) is 0.848. The second-order valence-corrected chi connectivity index (χ2v) is 6.34. The van der Waals surface area contributed by atoms with Gasteiger partial charge < -0.3 is 14.8 Å². The number of nitrogens with zero attached hydrogens (tertiary/aromatic N) is 1. The number of benzene rings is 2. The fraction of sp³-hybridized carbons (Fsp3) is 0.400. The molecule has 0 amide bonds. The molecule has 0 bridgehead atoms. The standard InChI is InChI=1S/C20H23F3N2O2.ClH/c21-17-6-3-5-15(12-17)18(25-8-10-26-11-9-25)14-24-13-16-4-1-2-7-19(16)27-20(22)23;/h1-7,12,18,20,24H,8-11,13-14H2;1H. The Kier molecular flexibility index (Phi) is 9.05. The zero-order valence-corrected chi connectivity index (χ0v) is 16.1. The predicted octanol–water partition coefficient (Wildman–Crippen LogP) is 4.01. The van der Waals surface area contributed by atoms with Crippen molar-refractivity contribution in [2.45, 2.75) is 19.2 Å². The number of hydrogen-bond acceptors (Lipinski definition) is 4. The van der Waals surface area contributed by atoms with E-state index in [1.165, 1.54) is 18.2 Å². The first kappa shape index (κ1) is 22.5. The van der Waals surface area contributed by atoms with Crippen molar-refractivity contribution in [3.8, 4) is 5.75 Å². The van der Waals surface area contributed by atoms with Crippen molar-refractivity contribution in [3.05, 3.63) is 65.5 Å². The van der Waals surface area contributed by atoms with E-state index in [4.69, 9.17) is 4.74 Å². The molecule has 1 aliphatic heterocycles. The number of ether oxygens (including phenoxy) is 2. The molecule has 3 rings (SSSR count). The summed E-state index contributed by atoms with van der Waals surface area (Å²) in [5.41, 5.74) is 1.53. The highest BCUT2D eigenvalue weighted by Crippen LogP contribution is 2.23. The van der Waals surface area contributed by atoms with Crippen LogP contribution in [0.4, 0.5) is 13.2 Å². The number of para-hydroxylation sites is 1. The Balaban J connectivity index is 0.00000280. The van der Waals surface area contributed by atoms with Crippen LogP contribution in [-0.2, 0) is 11.3 Å². The monoisotopic (exact) mass is 416 g/mol. The third kappa shape index (κ3) is 6.38. The van der Waals surface area contributed by atoms with Crippen molar-refractivity contribution in [3.63, 3.8) is 0 Å². The lowest BCUT2D eigenvalue weighted by molar-refractivity contribution is -0.0505. The van der Waals surface area contributed by atoms with Crippen molar-refractivity contribution in [2.24, 2.45) is 0 Å². The third-order valence-electron chi connectivity index (χ3n) is 4.56. The van der Waals surface area contributed by atoms with Crippen molar-refractivity contribution < 1.29 is 22.6 Å². The molecule has 4 nitrogen and oxygen atoms in total. The van der Waals surface area contributed by atoms with Crippen molar-refractivity contribution in [1.29, 1.82) is 0 Å². The number of nitrogens with one attached hydrogen (secondary N) is 1. The van der Waals surface area contributed by atoms with Gasteiger partial charge in [-0.3, -0.25) is 4.90 Å². The van der Waals surface area contributed by atoms with E-state index in [0.29, 0.717) is 31.9 Å². The number of morpholine rings is 1. The summed E-state index contributed by atoms with van der Waals surface area (Å²) in [4.78, 5) is 2.24. The fourth-order valence-electron chi connectivity index (χ4n) is 3.27. The van der Waals surface area contributed by atoms with Crippen LogP contribution in [0, 0.1) is 5.82 Å². The highest BCUT2D eigenvalue weighted by Gasteiger charge is 2.23. The van der Waals surface area contributed by atoms with Gasteiger partial charge in [0.2, 0.25) is 0 Å². The topological polar surface area (TPSA) is 33.7 Å². The number of alkyl halides is 2. The molecule has 2 aromatic carbocycles. The Hall–Kier alpha value is -1.80. The fourth-order valence-corrected chi connectivity index (χ4v) is 3.27. The summed E-state index contributed by atoms with van der Waals surface area (Å²) in [5.74, 6) is -0.116. The Morgan fingerprint density at radius 1 is 1.07 bits per heavy atom. The Labute approximate surface area is 169 Å². The van der Waals surface area contributed by atoms with Gasteiger partial charge in [0, 0.05) is 37.8 Å². The van der Waals surface area contributed by atoms with Crippen LogP contribution in [0.3, 0.4) is 0 Å². The molecular formula is C20H24ClF3N2O2. The molecule has 28 heavy (non-hydrogen) atoms. The van der Waals surface area contributed by atoms with E-state index in [2.05, 4.69) is 15.0 Å². The van der Waals surface area contributed by atoms with Crippen LogP contribution < -0.4 is 10.1 Å². The van der Waals surface area contributed by atoms with Crippen molar-refractivity contribution in [2.75, 3.05) is 32.8 Å². The number of rotatable bonds is 8. The van der Waals surface area contributed by atoms with Crippen LogP contribution in [0.15, 0.2) is 48.5 Å². The van der Waals surface area contributed by atoms with Gasteiger partial charge in [0.1, 0.15) is 11.6 Å². The highest BCUT2D eigenvalue weighted by molar-refractivity contribution is 5.85. The molecule has 0 saturated carbocycles. The summed E-state index contributed by atoms with van der Waals surface area (Å²) in [7, 11) is 0. The molecule has 1 N–H and O–H groups in total. The van der Waals surface area contributed by atoms with E-state index in [-0.39, 0.29) is 30.0 Å². The molecule has 1 unspecified atom stereocenters. The lowest BCUT2D eigenvalue weighted by Gasteiger charge is -2.35. The molecule has 1 heterocycles. The van der Waals surface area contributed by atoms with Crippen LogP contribution in [0.1, 0.15) is 17.2 Å². The van der Waals surface area contributed by atoms with Gasteiger partial charge in [-0.1, -0.05) is 30.3 Å². The molecule has 8 heteroatoms. The zero-order chi connectivity index (χ0) is 19.1. The summed E-state index contributed by atoms with van der Waals surface area (Å²) in [6, 6.07) is 13.2. The van der Waals surface area contributed by atoms with Crippen molar-refractivity contribution in [1.82, 2.24) is 10.2 Å². The summed E-state index contributed by atoms with van der Waals surface area (Å²) < 4.78 is 48.8. The van der Waals surface area contributed by atoms with Crippen LogP contribution in [0.5, 0.6) is 5.75 Å². The first-order valence-corrected chi connectivity index (χ1v) is 8.94. The molecule has 0 aromatic heterocycles. The minimum absolute atomic E-state index is 0. The predicted molar refractivity (Wildman–Crippen MR) is 104 cm³/mol. The highest BCUT2D eigenvalue weighted by atomic mass is 35.5. The SMILES string of the molecule is Cl.Fc1cccc(C(CNCc2ccccc2OC(F)F)N2CCOCC2)c1. The zero-order valence-electron chi connectivity index (χ0n) is 15.3. The lowest BCUT2D eigenvalue weighted by Crippen LogP contribution is -2.42. The maximum Gasteiger partial charge on any atom is 0.387 e. The molecule has 0 spiro atoms. The number of hydrogen-bond donors (Lipinski definition) is 1. The normalized spacial score (nSPS) is 15.9. The van der Waals surface area contributed by atoms with Gasteiger partial charge in [-0.25, -0.2) is 4.39 Å². The van der Waals surface area contributed by atoms with Crippen LogP contribution >= 0.6 is 12.4 Å². The molecule has 1 fully saturated rings. The second kappa shape index (κ2) is 11.3. The van der Waals surface area contributed by atoms with Gasteiger partial charge >= 0.3 is 6.61 Å². The van der Waals surface area contributed by atoms with E-state index in [0.717, 1.165) is 18.7 Å². The van der Waals surface area contributed by atoms with Crippen LogP contribution in [0.2, 0.25) is 0 Å². The first-order valence-electron chi connectivity index (χ1n) is 8.94. The van der Waals surface area contributed by atoms with Gasteiger partial charge in [0.25, 0.3) is 0 Å². The Morgan fingerprint density at radius 3 is 2.54 bits per heavy atom. The van der Waals surface area contributed by atoms with E-state index >= 15 is 0 Å². The van der Waals surface area contributed by atoms with Crippen molar-refractivity contribution >= 4 is 12.4 Å². The largest absolute Gasteiger partial charge is 0.434 e. The van der Waals surface area contributed by atoms with Crippen LogP contribution in [0.25, 0.3) is 0 Å². The molecule has 0 aliphatic carbocycles. The average Bonchev–Trinajstić information content (AvgIpc) is 2.67. The summed E-state index contributed by atoms with van der Waals surface area (Å²) in [5, 5.41) is 3.30. The average molecular weight is 417 g/mol. The molecular weight excluding hydrogens is 393 g/mol. The molecule has 2 aromatic rings. The van der Waals surface area contributed by atoms with Gasteiger partial charge in [-0.15, -0.1) is 12.4 Å².